The summed E-state index contributed by atoms with van der Waals surface area (Å²) in [7, 11) is 0. The van der Waals surface area contributed by atoms with Crippen molar-refractivity contribution < 1.29 is 9.78 Å². The molecule has 4 rings (SSSR count). The summed E-state index contributed by atoms with van der Waals surface area (Å²) in [6.07, 6.45) is 7.22. The van der Waals surface area contributed by atoms with Crippen molar-refractivity contribution in [1.82, 2.24) is 4.90 Å². The minimum atomic E-state index is -0.129. The van der Waals surface area contributed by atoms with Gasteiger partial charge < -0.3 is 0 Å². The zero-order valence-electron chi connectivity index (χ0n) is 10.6. The second kappa shape index (κ2) is 4.05. The van der Waals surface area contributed by atoms with Gasteiger partial charge in [0.05, 0.1) is 0 Å². The number of fused-ring (bicyclic) bond motifs is 4. The van der Waals surface area contributed by atoms with E-state index in [4.69, 9.17) is 9.78 Å². The maximum absolute atomic E-state index is 5.81. The summed E-state index contributed by atoms with van der Waals surface area (Å²) < 4.78 is 0. The molecule has 3 aliphatic rings. The molecule has 1 spiro atoms. The Morgan fingerprint density at radius 3 is 2.83 bits per heavy atom. The number of benzene rings is 1. The lowest BCUT2D eigenvalue weighted by Crippen LogP contribution is -2.49. The first-order chi connectivity index (χ1) is 8.89. The topological polar surface area (TPSA) is 21.7 Å². The second-order valence-electron chi connectivity index (χ2n) is 5.68. The number of nitrogens with zero attached hydrogens (tertiary/aromatic N) is 1. The van der Waals surface area contributed by atoms with E-state index in [0.717, 1.165) is 25.8 Å². The normalized spacial score (nSPS) is 30.1. The van der Waals surface area contributed by atoms with E-state index in [0.29, 0.717) is 0 Å². The summed E-state index contributed by atoms with van der Waals surface area (Å²) in [5, 5.41) is 0. The van der Waals surface area contributed by atoms with Gasteiger partial charge in [0.1, 0.15) is 0 Å². The molecule has 96 valence electrons. The molecule has 0 bridgehead atoms. The molecule has 1 aromatic carbocycles. The highest BCUT2D eigenvalue weighted by Crippen LogP contribution is 2.48. The molecule has 3 nitrogen and oxygen atoms in total. The summed E-state index contributed by atoms with van der Waals surface area (Å²) in [5.41, 5.74) is 2.58. The smallest absolute Gasteiger partial charge is 0.174 e. The molecule has 1 aromatic rings. The van der Waals surface area contributed by atoms with Crippen molar-refractivity contribution in [3.8, 4) is 0 Å². The highest BCUT2D eigenvalue weighted by molar-refractivity contribution is 5.32. The number of rotatable bonds is 0. The molecule has 0 radical (unpaired) electrons. The maximum Gasteiger partial charge on any atom is 0.174 e. The van der Waals surface area contributed by atoms with Crippen LogP contribution in [-0.4, -0.2) is 17.2 Å². The molecule has 3 heteroatoms. The van der Waals surface area contributed by atoms with Gasteiger partial charge in [-0.2, -0.15) is 0 Å². The van der Waals surface area contributed by atoms with Gasteiger partial charge in [-0.05, 0) is 37.7 Å². The summed E-state index contributed by atoms with van der Waals surface area (Å²) in [4.78, 5) is 14.0. The first kappa shape index (κ1) is 11.0. The van der Waals surface area contributed by atoms with E-state index in [-0.39, 0.29) is 12.0 Å². The van der Waals surface area contributed by atoms with Crippen molar-refractivity contribution >= 4 is 0 Å². The Balaban J connectivity index is 1.70. The van der Waals surface area contributed by atoms with Crippen LogP contribution >= 0.6 is 0 Å². The van der Waals surface area contributed by atoms with Crippen LogP contribution in [-0.2, 0) is 16.2 Å². The van der Waals surface area contributed by atoms with Crippen LogP contribution in [0.3, 0.4) is 0 Å². The zero-order chi connectivity index (χ0) is 12.0. The largest absolute Gasteiger partial charge is 0.240 e. The Labute approximate surface area is 108 Å². The van der Waals surface area contributed by atoms with Crippen LogP contribution in [0.5, 0.6) is 0 Å². The van der Waals surface area contributed by atoms with Crippen LogP contribution in [0.25, 0.3) is 0 Å². The third-order valence-corrected chi connectivity index (χ3v) is 4.68. The molecule has 0 amide bonds. The minimum Gasteiger partial charge on any atom is -0.240 e. The Morgan fingerprint density at radius 1 is 1.11 bits per heavy atom. The van der Waals surface area contributed by atoms with Gasteiger partial charge in [-0.3, -0.25) is 0 Å². The van der Waals surface area contributed by atoms with Gasteiger partial charge in [0.15, 0.2) is 12.0 Å². The van der Waals surface area contributed by atoms with Crippen molar-refractivity contribution in [2.24, 2.45) is 0 Å². The highest BCUT2D eigenvalue weighted by Gasteiger charge is 2.51. The van der Waals surface area contributed by atoms with Gasteiger partial charge >= 0.3 is 0 Å². The fourth-order valence-corrected chi connectivity index (χ4v) is 3.71. The first-order valence-electron chi connectivity index (χ1n) is 7.08. The Hall–Kier alpha value is -0.900. The third kappa shape index (κ3) is 1.48. The van der Waals surface area contributed by atoms with Gasteiger partial charge in [0.2, 0.25) is 0 Å². The molecule has 18 heavy (non-hydrogen) atoms. The summed E-state index contributed by atoms with van der Waals surface area (Å²) in [6.45, 7) is 1.06. The van der Waals surface area contributed by atoms with E-state index >= 15 is 0 Å². The lowest BCUT2D eigenvalue weighted by molar-refractivity contribution is -0.334. The standard InChI is InChI=1S/C15H19NO2/c1-4-9-15(10-5-1)16-11-8-12-6-2-3-7-13(12)14(16)17-18-15/h2-3,6-7,14H,1,4-5,8-11H2. The Morgan fingerprint density at radius 2 is 1.94 bits per heavy atom. The molecule has 1 aliphatic carbocycles. The van der Waals surface area contributed by atoms with E-state index in [1.54, 1.807) is 0 Å². The van der Waals surface area contributed by atoms with Gasteiger partial charge in [-0.25, -0.2) is 14.7 Å². The van der Waals surface area contributed by atoms with E-state index in [2.05, 4.69) is 29.2 Å². The van der Waals surface area contributed by atoms with E-state index in [1.165, 1.54) is 30.4 Å². The van der Waals surface area contributed by atoms with Crippen LogP contribution in [0, 0.1) is 0 Å². The molecule has 1 saturated carbocycles. The lowest BCUT2D eigenvalue weighted by atomic mass is 9.87. The van der Waals surface area contributed by atoms with Crippen molar-refractivity contribution in [1.29, 1.82) is 0 Å². The SMILES string of the molecule is c1ccc2c(c1)CCN1C2OOC12CCCCC2. The molecular formula is C15H19NO2. The molecule has 0 N–H and O–H groups in total. The van der Waals surface area contributed by atoms with Crippen LogP contribution in [0.15, 0.2) is 24.3 Å². The van der Waals surface area contributed by atoms with Crippen LogP contribution in [0.4, 0.5) is 0 Å². The van der Waals surface area contributed by atoms with Gasteiger partial charge in [0, 0.05) is 12.1 Å². The van der Waals surface area contributed by atoms with Gasteiger partial charge in [0.25, 0.3) is 0 Å². The fourth-order valence-electron chi connectivity index (χ4n) is 3.71. The summed E-state index contributed by atoms with van der Waals surface area (Å²) >= 11 is 0. The summed E-state index contributed by atoms with van der Waals surface area (Å²) in [6, 6.07) is 8.59. The minimum absolute atomic E-state index is 0.0213. The van der Waals surface area contributed by atoms with Crippen molar-refractivity contribution in [3.63, 3.8) is 0 Å². The van der Waals surface area contributed by atoms with Crippen LogP contribution in [0.2, 0.25) is 0 Å². The molecule has 2 fully saturated rings. The monoisotopic (exact) mass is 245 g/mol. The molecule has 2 aliphatic heterocycles. The molecule has 1 unspecified atom stereocenters. The number of hydrogen-bond acceptors (Lipinski definition) is 3. The molecule has 2 heterocycles. The van der Waals surface area contributed by atoms with Crippen LogP contribution in [0.1, 0.15) is 49.5 Å². The molecule has 1 saturated heterocycles. The predicted molar refractivity (Wildman–Crippen MR) is 67.6 cm³/mol. The Kier molecular flexibility index (Phi) is 2.47. The quantitative estimate of drug-likeness (QED) is 0.655. The average molecular weight is 245 g/mol. The fraction of sp³-hybridized carbons (Fsp3) is 0.600. The summed E-state index contributed by atoms with van der Waals surface area (Å²) in [5.74, 6) is 0. The highest BCUT2D eigenvalue weighted by atomic mass is 17.2. The van der Waals surface area contributed by atoms with Crippen molar-refractivity contribution in [2.45, 2.75) is 50.5 Å². The van der Waals surface area contributed by atoms with Crippen LogP contribution < -0.4 is 0 Å². The predicted octanol–water partition coefficient (Wildman–Crippen LogP) is 3.17. The van der Waals surface area contributed by atoms with E-state index in [1.807, 2.05) is 0 Å². The van der Waals surface area contributed by atoms with Gasteiger partial charge in [-0.1, -0.05) is 30.7 Å². The van der Waals surface area contributed by atoms with Crippen molar-refractivity contribution in [3.05, 3.63) is 35.4 Å². The Bertz CT molecular complexity index is 454. The molecule has 1 atom stereocenters. The van der Waals surface area contributed by atoms with E-state index in [9.17, 15) is 0 Å². The molecular weight excluding hydrogens is 226 g/mol. The first-order valence-corrected chi connectivity index (χ1v) is 7.08. The maximum atomic E-state index is 5.81. The average Bonchev–Trinajstić information content (AvgIpc) is 2.79. The third-order valence-electron chi connectivity index (χ3n) is 4.68. The zero-order valence-corrected chi connectivity index (χ0v) is 10.6. The second-order valence-corrected chi connectivity index (χ2v) is 5.68. The van der Waals surface area contributed by atoms with Gasteiger partial charge in [-0.15, -0.1) is 0 Å². The molecule has 0 aromatic heterocycles. The van der Waals surface area contributed by atoms with Crippen molar-refractivity contribution in [2.75, 3.05) is 6.54 Å². The van der Waals surface area contributed by atoms with E-state index < -0.39 is 0 Å². The lowest BCUT2D eigenvalue weighted by Gasteiger charge is -2.41. The number of hydrogen-bond donors (Lipinski definition) is 0.